The van der Waals surface area contributed by atoms with Gasteiger partial charge in [-0.2, -0.15) is 0 Å². The zero-order chi connectivity index (χ0) is 13.0. The molecule has 2 heterocycles. The van der Waals surface area contributed by atoms with Crippen molar-refractivity contribution in [2.45, 2.75) is 33.2 Å². The summed E-state index contributed by atoms with van der Waals surface area (Å²) in [4.78, 5) is 6.89. The third-order valence-corrected chi connectivity index (χ3v) is 3.94. The van der Waals surface area contributed by atoms with Crippen molar-refractivity contribution in [1.82, 2.24) is 9.88 Å². The molecule has 3 N–H and O–H groups in total. The number of rotatable bonds is 4. The predicted octanol–water partition coefficient (Wildman–Crippen LogP) is 2.24. The number of nitrogens with zero attached hydrogens (tertiary/aromatic N) is 2. The average molecular weight is 248 g/mol. The van der Waals surface area contributed by atoms with Gasteiger partial charge in [-0.15, -0.1) is 0 Å². The Labute approximate surface area is 110 Å². The van der Waals surface area contributed by atoms with E-state index in [1.165, 1.54) is 25.9 Å². The lowest BCUT2D eigenvalue weighted by Gasteiger charge is -2.33. The highest BCUT2D eigenvalue weighted by Crippen LogP contribution is 2.25. The van der Waals surface area contributed by atoms with Gasteiger partial charge in [0.15, 0.2) is 0 Å². The van der Waals surface area contributed by atoms with Crippen molar-refractivity contribution in [3.8, 4) is 0 Å². The second kappa shape index (κ2) is 6.16. The molecule has 1 aliphatic heterocycles. The molecule has 0 spiro atoms. The number of likely N-dealkylation sites (tertiary alicyclic amines) is 1. The Morgan fingerprint density at radius 1 is 1.44 bits per heavy atom. The Balaban J connectivity index is 1.87. The van der Waals surface area contributed by atoms with Crippen molar-refractivity contribution in [2.24, 2.45) is 17.7 Å². The Hall–Kier alpha value is -1.13. The van der Waals surface area contributed by atoms with Crippen LogP contribution in [0.4, 0.5) is 5.69 Å². The van der Waals surface area contributed by atoms with Crippen LogP contribution < -0.4 is 11.3 Å². The molecule has 1 aromatic heterocycles. The topological polar surface area (TPSA) is 54.2 Å². The van der Waals surface area contributed by atoms with E-state index in [9.17, 15) is 0 Å². The van der Waals surface area contributed by atoms with Crippen LogP contribution in [0.3, 0.4) is 0 Å². The second-order valence-corrected chi connectivity index (χ2v) is 5.54. The van der Waals surface area contributed by atoms with Crippen LogP contribution in [0, 0.1) is 11.8 Å². The molecule has 0 atom stereocenters. The second-order valence-electron chi connectivity index (χ2n) is 5.54. The fraction of sp³-hybridized carbons (Fsp3) is 0.643. The summed E-state index contributed by atoms with van der Waals surface area (Å²) >= 11 is 0. The lowest BCUT2D eigenvalue weighted by atomic mass is 9.87. The van der Waals surface area contributed by atoms with E-state index in [1.54, 1.807) is 0 Å². The monoisotopic (exact) mass is 248 g/mol. The fourth-order valence-electron chi connectivity index (χ4n) is 2.66. The molecule has 1 aliphatic rings. The fourth-order valence-corrected chi connectivity index (χ4v) is 2.66. The summed E-state index contributed by atoms with van der Waals surface area (Å²) in [5, 5.41) is 0. The minimum atomic E-state index is 0.815. The summed E-state index contributed by atoms with van der Waals surface area (Å²) in [6.45, 7) is 7.96. The highest BCUT2D eigenvalue weighted by molar-refractivity contribution is 5.41. The highest BCUT2D eigenvalue weighted by Gasteiger charge is 2.21. The molecular weight excluding hydrogens is 224 g/mol. The van der Waals surface area contributed by atoms with Crippen molar-refractivity contribution in [3.63, 3.8) is 0 Å². The number of hydrazine groups is 1. The number of nitrogens with two attached hydrogens (primary N) is 1. The SMILES string of the molecule is CC(C)C1CCN(Cc2cc(NN)ccn2)CC1. The molecule has 2 rings (SSSR count). The molecule has 4 nitrogen and oxygen atoms in total. The van der Waals surface area contributed by atoms with Crippen molar-refractivity contribution < 1.29 is 0 Å². The highest BCUT2D eigenvalue weighted by atomic mass is 15.2. The van der Waals surface area contributed by atoms with Crippen molar-refractivity contribution in [3.05, 3.63) is 24.0 Å². The summed E-state index contributed by atoms with van der Waals surface area (Å²) in [6.07, 6.45) is 4.43. The molecule has 0 aliphatic carbocycles. The van der Waals surface area contributed by atoms with E-state index >= 15 is 0 Å². The summed E-state index contributed by atoms with van der Waals surface area (Å²) in [7, 11) is 0. The van der Waals surface area contributed by atoms with Crippen LogP contribution in [0.2, 0.25) is 0 Å². The van der Waals surface area contributed by atoms with Gasteiger partial charge in [0, 0.05) is 12.7 Å². The molecule has 18 heavy (non-hydrogen) atoms. The molecule has 1 aromatic rings. The van der Waals surface area contributed by atoms with Gasteiger partial charge in [0.05, 0.1) is 11.4 Å². The summed E-state index contributed by atoms with van der Waals surface area (Å²) in [6, 6.07) is 3.91. The average Bonchev–Trinajstić information content (AvgIpc) is 2.39. The van der Waals surface area contributed by atoms with E-state index in [4.69, 9.17) is 5.84 Å². The molecule has 0 amide bonds. The molecule has 100 valence electrons. The molecule has 0 bridgehead atoms. The van der Waals surface area contributed by atoms with Gasteiger partial charge in [-0.05, 0) is 49.9 Å². The maximum Gasteiger partial charge on any atom is 0.0564 e. The van der Waals surface area contributed by atoms with Crippen LogP contribution in [-0.4, -0.2) is 23.0 Å². The Bertz CT molecular complexity index is 370. The van der Waals surface area contributed by atoms with Crippen LogP contribution in [0.5, 0.6) is 0 Å². The van der Waals surface area contributed by atoms with Crippen LogP contribution >= 0.6 is 0 Å². The summed E-state index contributed by atoms with van der Waals surface area (Å²) in [5.74, 6) is 7.12. The van der Waals surface area contributed by atoms with Crippen LogP contribution in [0.25, 0.3) is 0 Å². The van der Waals surface area contributed by atoms with Crippen molar-refractivity contribution >= 4 is 5.69 Å². The molecule has 4 heteroatoms. The first-order valence-electron chi connectivity index (χ1n) is 6.83. The quantitative estimate of drug-likeness (QED) is 0.634. The number of pyridine rings is 1. The third-order valence-electron chi connectivity index (χ3n) is 3.94. The number of anilines is 1. The predicted molar refractivity (Wildman–Crippen MR) is 74.9 cm³/mol. The standard InChI is InChI=1S/C14H24N4/c1-11(2)12-4-7-18(8-5-12)10-14-9-13(17-15)3-6-16-14/h3,6,9,11-12H,4-5,7-8,10,15H2,1-2H3,(H,16,17). The van der Waals surface area contributed by atoms with E-state index in [0.29, 0.717) is 0 Å². The van der Waals surface area contributed by atoms with Gasteiger partial charge < -0.3 is 5.43 Å². The maximum absolute atomic E-state index is 5.41. The van der Waals surface area contributed by atoms with Gasteiger partial charge >= 0.3 is 0 Å². The van der Waals surface area contributed by atoms with E-state index in [1.807, 2.05) is 18.3 Å². The number of nitrogens with one attached hydrogen (secondary N) is 1. The summed E-state index contributed by atoms with van der Waals surface area (Å²) in [5.41, 5.74) is 4.69. The van der Waals surface area contributed by atoms with Crippen LogP contribution in [0.15, 0.2) is 18.3 Å². The molecule has 1 fully saturated rings. The lowest BCUT2D eigenvalue weighted by molar-refractivity contribution is 0.150. The minimum Gasteiger partial charge on any atom is -0.324 e. The molecule has 0 unspecified atom stereocenters. The van der Waals surface area contributed by atoms with Gasteiger partial charge in [-0.3, -0.25) is 15.7 Å². The largest absolute Gasteiger partial charge is 0.324 e. The van der Waals surface area contributed by atoms with Gasteiger partial charge in [0.25, 0.3) is 0 Å². The summed E-state index contributed by atoms with van der Waals surface area (Å²) < 4.78 is 0. The van der Waals surface area contributed by atoms with E-state index in [0.717, 1.165) is 29.8 Å². The molecular formula is C14H24N4. The Kier molecular flexibility index (Phi) is 4.55. The minimum absolute atomic E-state index is 0.815. The molecule has 1 saturated heterocycles. The van der Waals surface area contributed by atoms with Gasteiger partial charge in [0.1, 0.15) is 0 Å². The van der Waals surface area contributed by atoms with E-state index in [-0.39, 0.29) is 0 Å². The molecule has 0 aromatic carbocycles. The first-order valence-corrected chi connectivity index (χ1v) is 6.83. The van der Waals surface area contributed by atoms with Gasteiger partial charge in [0.2, 0.25) is 0 Å². The van der Waals surface area contributed by atoms with E-state index < -0.39 is 0 Å². The van der Waals surface area contributed by atoms with Crippen molar-refractivity contribution in [1.29, 1.82) is 0 Å². The lowest BCUT2D eigenvalue weighted by Crippen LogP contribution is -2.35. The number of aromatic nitrogens is 1. The number of hydrogen-bond acceptors (Lipinski definition) is 4. The third kappa shape index (κ3) is 3.43. The normalized spacial score (nSPS) is 18.2. The molecule has 0 radical (unpaired) electrons. The van der Waals surface area contributed by atoms with Crippen molar-refractivity contribution in [2.75, 3.05) is 18.5 Å². The zero-order valence-corrected chi connectivity index (χ0v) is 11.4. The van der Waals surface area contributed by atoms with Crippen LogP contribution in [0.1, 0.15) is 32.4 Å². The maximum atomic E-state index is 5.41. The first-order chi connectivity index (χ1) is 8.69. The Morgan fingerprint density at radius 2 is 2.17 bits per heavy atom. The zero-order valence-electron chi connectivity index (χ0n) is 11.4. The smallest absolute Gasteiger partial charge is 0.0564 e. The molecule has 0 saturated carbocycles. The Morgan fingerprint density at radius 3 is 2.78 bits per heavy atom. The number of hydrogen-bond donors (Lipinski definition) is 2. The van der Waals surface area contributed by atoms with Gasteiger partial charge in [-0.1, -0.05) is 13.8 Å². The first kappa shape index (κ1) is 13.3. The number of nitrogen functional groups attached to an aromatic ring is 1. The van der Waals surface area contributed by atoms with Gasteiger partial charge in [-0.25, -0.2) is 0 Å². The van der Waals surface area contributed by atoms with Crippen LogP contribution in [-0.2, 0) is 6.54 Å². The van der Waals surface area contributed by atoms with E-state index in [2.05, 4.69) is 29.2 Å². The number of piperidine rings is 1.